The Labute approximate surface area is 176 Å². The number of nitriles is 1. The number of imidazole rings is 1. The smallest absolute Gasteiger partial charge is 0.166 e. The molecule has 6 heterocycles. The van der Waals surface area contributed by atoms with Crippen LogP contribution in [0.25, 0.3) is 33.6 Å². The molecule has 156 valence electrons. The molecule has 0 spiro atoms. The fraction of sp³-hybridized carbons (Fsp3) is 0.381. The molecule has 6 rings (SSSR count). The molecule has 4 aromatic rings. The second kappa shape index (κ2) is 6.21. The predicted octanol–water partition coefficient (Wildman–Crippen LogP) is 2.73. The molecule has 9 nitrogen and oxygen atoms in total. The van der Waals surface area contributed by atoms with Crippen molar-refractivity contribution in [3.8, 4) is 17.5 Å². The van der Waals surface area contributed by atoms with Crippen molar-refractivity contribution >= 4 is 28.0 Å². The molecule has 31 heavy (non-hydrogen) atoms. The topological polar surface area (TPSA) is 109 Å². The number of hydrogen-bond donors (Lipinski definition) is 1. The number of nitrogens with one attached hydrogen (secondary N) is 1. The lowest BCUT2D eigenvalue weighted by molar-refractivity contribution is -0.0530. The molecule has 1 fully saturated rings. The number of nitrogens with zero attached hydrogens (tertiary/aromatic N) is 7. The monoisotopic (exact) mass is 418 g/mol. The summed E-state index contributed by atoms with van der Waals surface area (Å²) in [7, 11) is 0. The Hall–Kier alpha value is -3.58. The van der Waals surface area contributed by atoms with Crippen molar-refractivity contribution < 1.29 is 9.13 Å². The van der Waals surface area contributed by atoms with Crippen LogP contribution in [0.4, 0.5) is 10.2 Å². The molecule has 4 aromatic heterocycles. The molecule has 0 unspecified atom stereocenters. The van der Waals surface area contributed by atoms with Gasteiger partial charge in [0.2, 0.25) is 0 Å². The van der Waals surface area contributed by atoms with E-state index in [0.717, 1.165) is 5.82 Å². The number of hydrogen-bond acceptors (Lipinski definition) is 7. The highest BCUT2D eigenvalue weighted by Crippen LogP contribution is 2.36. The number of fused-ring (bicyclic) bond motifs is 4. The molecule has 10 heteroatoms. The second-order valence-corrected chi connectivity index (χ2v) is 8.48. The lowest BCUT2D eigenvalue weighted by Crippen LogP contribution is -2.46. The molecule has 1 saturated heterocycles. The number of halogens is 1. The largest absolute Gasteiger partial charge is 0.366 e. The summed E-state index contributed by atoms with van der Waals surface area (Å²) < 4.78 is 22.1. The summed E-state index contributed by atoms with van der Waals surface area (Å²) in [6.07, 6.45) is 2.92. The van der Waals surface area contributed by atoms with Crippen LogP contribution in [0.3, 0.4) is 0 Å². The molecule has 0 amide bonds. The van der Waals surface area contributed by atoms with Gasteiger partial charge < -0.3 is 19.2 Å². The summed E-state index contributed by atoms with van der Waals surface area (Å²) >= 11 is 0. The maximum Gasteiger partial charge on any atom is 0.166 e. The molecule has 2 aliphatic heterocycles. The lowest BCUT2D eigenvalue weighted by atomic mass is 10.0. The highest BCUT2D eigenvalue weighted by atomic mass is 19.1. The summed E-state index contributed by atoms with van der Waals surface area (Å²) in [6.45, 7) is 6.35. The van der Waals surface area contributed by atoms with Gasteiger partial charge in [-0.2, -0.15) is 5.26 Å². The fourth-order valence-corrected chi connectivity index (χ4v) is 4.29. The van der Waals surface area contributed by atoms with E-state index < -0.39 is 5.60 Å². The molecular weight excluding hydrogens is 399 g/mol. The van der Waals surface area contributed by atoms with E-state index in [4.69, 9.17) is 19.7 Å². The van der Waals surface area contributed by atoms with Crippen LogP contribution in [0, 0.1) is 23.1 Å². The van der Waals surface area contributed by atoms with Crippen LogP contribution in [0.5, 0.6) is 0 Å². The Bertz CT molecular complexity index is 1390. The summed E-state index contributed by atoms with van der Waals surface area (Å²) in [6, 6.07) is 4.00. The van der Waals surface area contributed by atoms with Crippen molar-refractivity contribution in [2.45, 2.75) is 26.0 Å². The average molecular weight is 418 g/mol. The zero-order valence-electron chi connectivity index (χ0n) is 17.1. The van der Waals surface area contributed by atoms with E-state index in [9.17, 15) is 9.65 Å². The van der Waals surface area contributed by atoms with Gasteiger partial charge in [0.1, 0.15) is 22.9 Å². The van der Waals surface area contributed by atoms with Gasteiger partial charge in [-0.05, 0) is 19.9 Å². The quantitative estimate of drug-likeness (QED) is 0.533. The highest BCUT2D eigenvalue weighted by Gasteiger charge is 2.36. The van der Waals surface area contributed by atoms with Gasteiger partial charge in [-0.15, -0.1) is 0 Å². The Morgan fingerprint density at radius 3 is 2.94 bits per heavy atom. The highest BCUT2D eigenvalue weighted by molar-refractivity contribution is 5.88. The molecule has 2 aliphatic rings. The van der Waals surface area contributed by atoms with E-state index in [0.29, 0.717) is 65.6 Å². The number of pyridine rings is 1. The van der Waals surface area contributed by atoms with Crippen LogP contribution in [0.1, 0.15) is 19.7 Å². The molecule has 0 aromatic carbocycles. The van der Waals surface area contributed by atoms with Crippen LogP contribution in [-0.2, 0) is 16.9 Å². The van der Waals surface area contributed by atoms with Gasteiger partial charge >= 0.3 is 0 Å². The molecule has 1 N–H and O–H groups in total. The van der Waals surface area contributed by atoms with E-state index in [2.05, 4.69) is 20.6 Å². The number of rotatable bonds is 2. The van der Waals surface area contributed by atoms with Gasteiger partial charge in [0.05, 0.1) is 24.0 Å². The van der Waals surface area contributed by atoms with Crippen molar-refractivity contribution in [2.75, 3.05) is 24.6 Å². The normalized spacial score (nSPS) is 18.2. The van der Waals surface area contributed by atoms with Gasteiger partial charge in [0, 0.05) is 37.6 Å². The standard InChI is InChI=1S/C21H19FN8O/c1-21(2)20-26-15-18(29-9-11(6-23)10-29)27-16(28-19(15)30(20)3-4-31-21)12-5-13-14(22)8-25-17(13)24-7-12/h5,7-8,11H,3-4,9-10H2,1-2H3,(H,24,25). The minimum Gasteiger partial charge on any atom is -0.366 e. The van der Waals surface area contributed by atoms with Gasteiger partial charge in [0.25, 0.3) is 0 Å². The van der Waals surface area contributed by atoms with Gasteiger partial charge in [-0.25, -0.2) is 24.3 Å². The van der Waals surface area contributed by atoms with Gasteiger partial charge in [0.15, 0.2) is 22.8 Å². The van der Waals surface area contributed by atoms with E-state index in [-0.39, 0.29) is 11.7 Å². The van der Waals surface area contributed by atoms with Crippen LogP contribution < -0.4 is 4.90 Å². The fourth-order valence-electron chi connectivity index (χ4n) is 4.29. The predicted molar refractivity (Wildman–Crippen MR) is 111 cm³/mol. The lowest BCUT2D eigenvalue weighted by Gasteiger charge is -2.36. The van der Waals surface area contributed by atoms with Crippen LogP contribution >= 0.6 is 0 Å². The van der Waals surface area contributed by atoms with Crippen molar-refractivity contribution in [2.24, 2.45) is 5.92 Å². The summed E-state index contributed by atoms with van der Waals surface area (Å²) in [5.74, 6) is 1.52. The Kier molecular flexibility index (Phi) is 3.65. The second-order valence-electron chi connectivity index (χ2n) is 8.48. The maximum atomic E-state index is 14.1. The molecular formula is C21H19FN8O. The third kappa shape index (κ3) is 2.63. The average Bonchev–Trinajstić information content (AvgIpc) is 3.29. The Morgan fingerprint density at radius 1 is 1.29 bits per heavy atom. The van der Waals surface area contributed by atoms with Crippen molar-refractivity contribution in [1.82, 2.24) is 29.5 Å². The first kappa shape index (κ1) is 18.2. The molecule has 0 atom stereocenters. The summed E-state index contributed by atoms with van der Waals surface area (Å²) in [4.78, 5) is 23.6. The van der Waals surface area contributed by atoms with Crippen LogP contribution in [0.15, 0.2) is 18.5 Å². The van der Waals surface area contributed by atoms with Crippen molar-refractivity contribution in [1.29, 1.82) is 5.26 Å². The molecule has 0 bridgehead atoms. The minimum absolute atomic E-state index is 0.0301. The first-order chi connectivity index (χ1) is 14.9. The first-order valence-electron chi connectivity index (χ1n) is 10.1. The van der Waals surface area contributed by atoms with E-state index in [1.807, 2.05) is 18.7 Å². The summed E-state index contributed by atoms with van der Waals surface area (Å²) in [5, 5.41) is 9.60. The maximum absolute atomic E-state index is 14.1. The third-order valence-corrected chi connectivity index (χ3v) is 6.00. The zero-order chi connectivity index (χ0) is 21.3. The van der Waals surface area contributed by atoms with Crippen molar-refractivity contribution in [3.63, 3.8) is 0 Å². The Balaban J connectivity index is 1.58. The molecule has 0 aliphatic carbocycles. The zero-order valence-corrected chi connectivity index (χ0v) is 17.1. The minimum atomic E-state index is -0.546. The van der Waals surface area contributed by atoms with Crippen LogP contribution in [-0.4, -0.2) is 49.2 Å². The van der Waals surface area contributed by atoms with Gasteiger partial charge in [-0.3, -0.25) is 0 Å². The van der Waals surface area contributed by atoms with Gasteiger partial charge in [-0.1, -0.05) is 0 Å². The van der Waals surface area contributed by atoms with Crippen LogP contribution in [0.2, 0.25) is 0 Å². The summed E-state index contributed by atoms with van der Waals surface area (Å²) in [5.41, 5.74) is 1.95. The van der Waals surface area contributed by atoms with E-state index >= 15 is 0 Å². The van der Waals surface area contributed by atoms with Crippen molar-refractivity contribution in [3.05, 3.63) is 30.1 Å². The SMILES string of the molecule is CC1(C)OCCn2c1nc1c(N3CC(C#N)C3)nc(-c3cnc4[nH]cc(F)c4c3)nc12. The number of ether oxygens (including phenoxy) is 1. The number of H-pyrrole nitrogens is 1. The third-order valence-electron chi connectivity index (χ3n) is 6.00. The number of aromatic amines is 1. The van der Waals surface area contributed by atoms with E-state index in [1.165, 1.54) is 6.20 Å². The van der Waals surface area contributed by atoms with E-state index in [1.54, 1.807) is 12.3 Å². The Morgan fingerprint density at radius 2 is 2.13 bits per heavy atom. The molecule has 0 saturated carbocycles. The molecule has 0 radical (unpaired) electrons. The number of aromatic nitrogens is 6. The first-order valence-corrected chi connectivity index (χ1v) is 10.1. The number of anilines is 1.